The molecular weight excluding hydrogens is 807 g/mol. The van der Waals surface area contributed by atoms with Crippen LogP contribution in [0.4, 0.5) is 9.59 Å². The largest absolute Gasteiger partial charge is 0.390 e. The van der Waals surface area contributed by atoms with Gasteiger partial charge in [0.2, 0.25) is 5.91 Å². The molecule has 14 heteroatoms. The molecule has 0 unspecified atom stereocenters. The highest BCUT2D eigenvalue weighted by atomic mass is 16.3. The number of hydrazine groups is 1. The summed E-state index contributed by atoms with van der Waals surface area (Å²) in [7, 11) is 0. The monoisotopic (exact) mass is 867 g/mol. The van der Waals surface area contributed by atoms with E-state index in [4.69, 9.17) is 0 Å². The predicted octanol–water partition coefficient (Wildman–Crippen LogP) is 6.01. The van der Waals surface area contributed by atoms with Crippen molar-refractivity contribution >= 4 is 34.8 Å². The maximum absolute atomic E-state index is 14.7. The highest BCUT2D eigenvalue weighted by molar-refractivity contribution is 5.90. The zero-order valence-electron chi connectivity index (χ0n) is 37.5. The number of hydrogen-bond acceptors (Lipinski definition) is 8. The number of carbonyl (C=O) groups is 4. The molecule has 0 saturated carbocycles. The Kier molecular flexibility index (Phi) is 14.6. The molecule has 2 fully saturated rings. The second-order valence-electron chi connectivity index (χ2n) is 18.0. The molecule has 4 N–H and O–H groups in total. The number of aromatic nitrogens is 2. The van der Waals surface area contributed by atoms with Crippen molar-refractivity contribution < 1.29 is 24.3 Å². The molecule has 0 bridgehead atoms. The van der Waals surface area contributed by atoms with Crippen LogP contribution in [0.15, 0.2) is 116 Å². The number of nitrogens with zero attached hydrogens (tertiary/aromatic N) is 6. The molecule has 6 amide bonds. The molecule has 0 radical (unpaired) electrons. The lowest BCUT2D eigenvalue weighted by Gasteiger charge is -2.38. The van der Waals surface area contributed by atoms with Gasteiger partial charge < -0.3 is 30.4 Å². The first kappa shape index (κ1) is 45.6. The molecule has 14 nitrogen and oxygen atoms in total. The summed E-state index contributed by atoms with van der Waals surface area (Å²) in [6, 6.07) is 30.0. The van der Waals surface area contributed by atoms with E-state index in [1.54, 1.807) is 32.1 Å². The summed E-state index contributed by atoms with van der Waals surface area (Å²) in [6.45, 7) is 11.9. The van der Waals surface area contributed by atoms with Crippen molar-refractivity contribution in [2.45, 2.75) is 84.8 Å². The molecule has 0 aliphatic carbocycles. The van der Waals surface area contributed by atoms with Crippen LogP contribution in [0.2, 0.25) is 0 Å². The first-order valence-corrected chi connectivity index (χ1v) is 22.3. The fraction of sp³-hybridized carbons (Fsp3) is 0.400. The summed E-state index contributed by atoms with van der Waals surface area (Å²) in [5, 5.41) is 21.0. The van der Waals surface area contributed by atoms with Crippen molar-refractivity contribution in [1.29, 1.82) is 0 Å². The highest BCUT2D eigenvalue weighted by Crippen LogP contribution is 2.28. The molecule has 3 aromatic carbocycles. The van der Waals surface area contributed by atoms with Gasteiger partial charge in [-0.15, -0.1) is 0 Å². The number of nitrogens with one attached hydrogen (secondary N) is 3. The lowest BCUT2D eigenvalue weighted by molar-refractivity contribution is -0.135. The van der Waals surface area contributed by atoms with Crippen LogP contribution >= 0.6 is 0 Å². The minimum atomic E-state index is -1.19. The Morgan fingerprint density at radius 3 is 2.25 bits per heavy atom. The number of pyridine rings is 2. The van der Waals surface area contributed by atoms with E-state index in [9.17, 15) is 24.3 Å². The molecule has 7 rings (SSSR count). The molecule has 5 aromatic rings. The maximum atomic E-state index is 14.7. The van der Waals surface area contributed by atoms with Crippen LogP contribution in [0.25, 0.3) is 22.2 Å². The van der Waals surface area contributed by atoms with Gasteiger partial charge in [0.25, 0.3) is 5.91 Å². The van der Waals surface area contributed by atoms with Crippen molar-refractivity contribution in [2.24, 2.45) is 11.3 Å². The van der Waals surface area contributed by atoms with Gasteiger partial charge in [-0.25, -0.2) is 14.6 Å². The molecule has 64 heavy (non-hydrogen) atoms. The van der Waals surface area contributed by atoms with E-state index in [0.717, 1.165) is 38.9 Å². The van der Waals surface area contributed by atoms with Gasteiger partial charge in [0.05, 0.1) is 23.4 Å². The van der Waals surface area contributed by atoms with Gasteiger partial charge >= 0.3 is 12.1 Å². The quantitative estimate of drug-likeness (QED) is 0.0779. The van der Waals surface area contributed by atoms with Gasteiger partial charge in [-0.05, 0) is 58.7 Å². The zero-order valence-corrected chi connectivity index (χ0v) is 37.5. The molecule has 2 aliphatic heterocycles. The summed E-state index contributed by atoms with van der Waals surface area (Å²) in [4.78, 5) is 70.2. The fourth-order valence-electron chi connectivity index (χ4n) is 8.84. The van der Waals surface area contributed by atoms with Crippen LogP contribution in [0, 0.1) is 11.3 Å². The van der Waals surface area contributed by atoms with E-state index in [0.29, 0.717) is 39.1 Å². The smallest absolute Gasteiger partial charge is 0.321 e. The van der Waals surface area contributed by atoms with E-state index in [1.165, 1.54) is 0 Å². The number of aliphatic hydroxyl groups is 1. The summed E-state index contributed by atoms with van der Waals surface area (Å²) in [5.74, 6) is -0.936. The van der Waals surface area contributed by atoms with E-state index < -0.39 is 29.6 Å². The second-order valence-corrected chi connectivity index (χ2v) is 18.0. The number of amides is 6. The van der Waals surface area contributed by atoms with Crippen molar-refractivity contribution in [3.05, 3.63) is 132 Å². The molecule has 0 spiro atoms. The van der Waals surface area contributed by atoms with Gasteiger partial charge in [-0.3, -0.25) is 25.0 Å². The van der Waals surface area contributed by atoms with Crippen LogP contribution in [-0.4, -0.2) is 116 Å². The topological polar surface area (TPSA) is 163 Å². The first-order valence-electron chi connectivity index (χ1n) is 22.3. The maximum Gasteiger partial charge on any atom is 0.321 e. The molecule has 336 valence electrons. The fourth-order valence-corrected chi connectivity index (χ4v) is 8.84. The van der Waals surface area contributed by atoms with Gasteiger partial charge in [0.15, 0.2) is 0 Å². The van der Waals surface area contributed by atoms with E-state index in [1.807, 2.05) is 138 Å². The van der Waals surface area contributed by atoms with Crippen LogP contribution in [0.3, 0.4) is 0 Å². The molecule has 2 saturated heterocycles. The average Bonchev–Trinajstić information content (AvgIpc) is 3.87. The Hall–Kier alpha value is -6.38. The third kappa shape index (κ3) is 10.9. The lowest BCUT2D eigenvalue weighted by atomic mass is 9.85. The van der Waals surface area contributed by atoms with Gasteiger partial charge in [0, 0.05) is 69.2 Å². The number of urea groups is 2. The molecule has 4 heterocycles. The normalized spacial score (nSPS) is 16.7. The van der Waals surface area contributed by atoms with Crippen LogP contribution in [0.1, 0.15) is 57.7 Å². The van der Waals surface area contributed by atoms with Crippen LogP contribution in [-0.2, 0) is 29.1 Å². The van der Waals surface area contributed by atoms with Gasteiger partial charge in [0.1, 0.15) is 12.1 Å². The summed E-state index contributed by atoms with van der Waals surface area (Å²) in [5.41, 5.74) is 7.81. The van der Waals surface area contributed by atoms with Crippen molar-refractivity contribution in [3.8, 4) is 11.3 Å². The molecular formula is C50H61N9O5. The first-order chi connectivity index (χ1) is 30.8. The third-order valence-corrected chi connectivity index (χ3v) is 12.3. The number of hydrogen-bond donors (Lipinski definition) is 4. The Morgan fingerprint density at radius 2 is 1.56 bits per heavy atom. The Bertz CT molecular complexity index is 2370. The SMILES string of the molecule is CC[C@H](C)[C@@H](C(=O)N[C@@H](Cc1ccccc1)[C@H](O)CN(Cc1ccc(-c2ccccn2)cc1)NC(=O)[C@@H](N1CCNC1=O)C(C)(C)C)N1CCN(Cc2ccnc3ccccc23)C1=O. The molecule has 2 aliphatic rings. The number of rotatable bonds is 18. The van der Waals surface area contributed by atoms with Gasteiger partial charge in [-0.1, -0.05) is 120 Å². The Balaban J connectivity index is 1.14. The van der Waals surface area contributed by atoms with E-state index in [-0.39, 0.29) is 49.3 Å². The highest BCUT2D eigenvalue weighted by Gasteiger charge is 2.43. The van der Waals surface area contributed by atoms with E-state index >= 15 is 0 Å². The van der Waals surface area contributed by atoms with E-state index in [2.05, 4.69) is 26.0 Å². The standard InChI is InChI=1S/C50H61N9O5/c1-6-34(2)44(58-29-28-56(49(58)64)32-38-23-25-52-41-18-11-10-16-39(38)41)46(61)54-42(30-35-14-8-7-9-15-35)43(60)33-57(31-36-19-21-37(22-20-36)40-17-12-13-24-51-40)55-47(62)45(50(3,4)5)59-27-26-53-48(59)63/h7-25,34,42-45,60H,6,26-33H2,1-5H3,(H,53,63)(H,54,61)(H,55,62)/t34-,42-,43+,44-,45+/m0/s1. The summed E-state index contributed by atoms with van der Waals surface area (Å²) >= 11 is 0. The second kappa shape index (κ2) is 20.4. The molecule has 5 atom stereocenters. The average molecular weight is 868 g/mol. The predicted molar refractivity (Wildman–Crippen MR) is 247 cm³/mol. The minimum absolute atomic E-state index is 0.0706. The van der Waals surface area contributed by atoms with Crippen LogP contribution < -0.4 is 16.1 Å². The van der Waals surface area contributed by atoms with Crippen molar-refractivity contribution in [3.63, 3.8) is 0 Å². The summed E-state index contributed by atoms with van der Waals surface area (Å²) < 4.78 is 0. The van der Waals surface area contributed by atoms with Gasteiger partial charge in [-0.2, -0.15) is 0 Å². The number of aliphatic hydroxyl groups excluding tert-OH is 1. The Labute approximate surface area is 376 Å². The lowest BCUT2D eigenvalue weighted by Crippen LogP contribution is -2.60. The van der Waals surface area contributed by atoms with Crippen molar-refractivity contribution in [1.82, 2.24) is 45.7 Å². The minimum Gasteiger partial charge on any atom is -0.390 e. The number of para-hydroxylation sites is 1. The number of fused-ring (bicyclic) bond motifs is 1. The number of benzene rings is 3. The summed E-state index contributed by atoms with van der Waals surface area (Å²) in [6.07, 6.45) is 3.24. The third-order valence-electron chi connectivity index (χ3n) is 12.3. The number of carbonyl (C=O) groups excluding carboxylic acids is 4. The zero-order chi connectivity index (χ0) is 45.4. The van der Waals surface area contributed by atoms with Crippen molar-refractivity contribution in [2.75, 3.05) is 32.7 Å². The molecule has 2 aromatic heterocycles. The van der Waals surface area contributed by atoms with Crippen LogP contribution in [0.5, 0.6) is 0 Å². The Morgan fingerprint density at radius 1 is 0.828 bits per heavy atom.